The number of carbonyl (C=O) groups is 2. The first-order chi connectivity index (χ1) is 7.88. The number of hydrogen-bond donors (Lipinski definition) is 0. The fraction of sp³-hybridized carbons (Fsp3) is 0.600. The Bertz CT molecular complexity index is 309. The molecule has 0 aromatic heterocycles. The number of ketones is 1. The highest BCUT2D eigenvalue weighted by atomic mass is 16.1. The van der Waals surface area contributed by atoms with Gasteiger partial charge in [-0.3, -0.25) is 4.79 Å². The molecule has 0 aliphatic carbocycles. The second-order valence-corrected chi connectivity index (χ2v) is 5.02. The molecule has 0 saturated carbocycles. The maximum absolute atomic E-state index is 11.2. The van der Waals surface area contributed by atoms with Gasteiger partial charge in [0.05, 0.1) is 0 Å². The summed E-state index contributed by atoms with van der Waals surface area (Å²) in [4.78, 5) is 22.1. The maximum atomic E-state index is 11.2. The Balaban J connectivity index is 4.20. The Labute approximate surface area is 105 Å². The maximum Gasteiger partial charge on any atom is 0.155 e. The molecule has 17 heavy (non-hydrogen) atoms. The van der Waals surface area contributed by atoms with E-state index in [-0.39, 0.29) is 11.7 Å². The topological polar surface area (TPSA) is 34.1 Å². The van der Waals surface area contributed by atoms with Crippen LogP contribution in [0.25, 0.3) is 0 Å². The highest BCUT2D eigenvalue weighted by Crippen LogP contribution is 2.21. The van der Waals surface area contributed by atoms with Crippen LogP contribution in [0.1, 0.15) is 47.0 Å². The van der Waals surface area contributed by atoms with Gasteiger partial charge in [0.2, 0.25) is 0 Å². The lowest BCUT2D eigenvalue weighted by Crippen LogP contribution is -2.14. The summed E-state index contributed by atoms with van der Waals surface area (Å²) < 4.78 is 0. The molecule has 0 aliphatic rings. The lowest BCUT2D eigenvalue weighted by atomic mass is 9.87. The van der Waals surface area contributed by atoms with Crippen molar-refractivity contribution < 1.29 is 9.59 Å². The molecule has 0 amide bonds. The lowest BCUT2D eigenvalue weighted by molar-refractivity contribution is -0.117. The van der Waals surface area contributed by atoms with Gasteiger partial charge in [0.1, 0.15) is 6.29 Å². The average Bonchev–Trinajstić information content (AvgIpc) is 2.24. The minimum absolute atomic E-state index is 0.0846. The summed E-state index contributed by atoms with van der Waals surface area (Å²) in [5.41, 5.74) is 1.76. The molecule has 0 aromatic carbocycles. The van der Waals surface area contributed by atoms with Crippen LogP contribution in [-0.2, 0) is 9.59 Å². The largest absolute Gasteiger partial charge is 0.303 e. The van der Waals surface area contributed by atoms with E-state index >= 15 is 0 Å². The van der Waals surface area contributed by atoms with Crippen LogP contribution in [-0.4, -0.2) is 12.1 Å². The van der Waals surface area contributed by atoms with Gasteiger partial charge in [-0.05, 0) is 51.5 Å². The van der Waals surface area contributed by atoms with Crippen molar-refractivity contribution in [1.29, 1.82) is 0 Å². The van der Waals surface area contributed by atoms with Gasteiger partial charge in [-0.1, -0.05) is 25.2 Å². The third-order valence-corrected chi connectivity index (χ3v) is 2.93. The van der Waals surface area contributed by atoms with E-state index in [0.717, 1.165) is 25.5 Å². The third-order valence-electron chi connectivity index (χ3n) is 2.93. The van der Waals surface area contributed by atoms with Crippen LogP contribution in [0.5, 0.6) is 0 Å². The number of rotatable bonds is 8. The van der Waals surface area contributed by atoms with E-state index in [9.17, 15) is 9.59 Å². The SMILES string of the molecule is C=C(C(C)=O)C(C=O)CC(C)CCC=C(C)C. The Morgan fingerprint density at radius 3 is 2.29 bits per heavy atom. The van der Waals surface area contributed by atoms with Crippen LogP contribution in [0.15, 0.2) is 23.8 Å². The Morgan fingerprint density at radius 1 is 1.29 bits per heavy atom. The second kappa shape index (κ2) is 7.99. The van der Waals surface area contributed by atoms with Crippen molar-refractivity contribution in [2.24, 2.45) is 11.8 Å². The number of allylic oxidation sites excluding steroid dienone is 3. The summed E-state index contributed by atoms with van der Waals surface area (Å²) in [5, 5.41) is 0. The first-order valence-electron chi connectivity index (χ1n) is 6.16. The van der Waals surface area contributed by atoms with E-state index < -0.39 is 0 Å². The van der Waals surface area contributed by atoms with E-state index in [2.05, 4.69) is 33.4 Å². The van der Waals surface area contributed by atoms with Gasteiger partial charge in [-0.15, -0.1) is 0 Å². The number of aldehydes is 1. The lowest BCUT2D eigenvalue weighted by Gasteiger charge is -2.16. The standard InChI is InChI=1S/C15H24O2/c1-11(2)7-6-8-12(3)9-15(10-16)13(4)14(5)17/h7,10,12,15H,4,6,8-9H2,1-3,5H3. The zero-order valence-electron chi connectivity index (χ0n) is 11.5. The van der Waals surface area contributed by atoms with E-state index in [4.69, 9.17) is 0 Å². The summed E-state index contributed by atoms with van der Waals surface area (Å²) in [5.74, 6) is 0.0321. The molecule has 0 bridgehead atoms. The first kappa shape index (κ1) is 15.8. The summed E-state index contributed by atoms with van der Waals surface area (Å²) in [6, 6.07) is 0. The second-order valence-electron chi connectivity index (χ2n) is 5.02. The number of hydrogen-bond acceptors (Lipinski definition) is 2. The Morgan fingerprint density at radius 2 is 1.88 bits per heavy atom. The van der Waals surface area contributed by atoms with Crippen molar-refractivity contribution in [3.63, 3.8) is 0 Å². The molecular weight excluding hydrogens is 212 g/mol. The van der Waals surface area contributed by atoms with Crippen LogP contribution in [0, 0.1) is 11.8 Å². The predicted molar refractivity (Wildman–Crippen MR) is 71.8 cm³/mol. The Hall–Kier alpha value is -1.18. The predicted octanol–water partition coefficient (Wildman–Crippen LogP) is 3.72. The zero-order valence-corrected chi connectivity index (χ0v) is 11.5. The van der Waals surface area contributed by atoms with Gasteiger partial charge in [-0.2, -0.15) is 0 Å². The number of carbonyl (C=O) groups excluding carboxylic acids is 2. The van der Waals surface area contributed by atoms with E-state index in [1.807, 2.05) is 0 Å². The van der Waals surface area contributed by atoms with Crippen LogP contribution >= 0.6 is 0 Å². The monoisotopic (exact) mass is 236 g/mol. The molecule has 2 heteroatoms. The van der Waals surface area contributed by atoms with Crippen LogP contribution in [0.3, 0.4) is 0 Å². The fourth-order valence-corrected chi connectivity index (χ4v) is 1.75. The van der Waals surface area contributed by atoms with Crippen LogP contribution in [0.2, 0.25) is 0 Å². The van der Waals surface area contributed by atoms with Gasteiger partial charge in [0.15, 0.2) is 5.78 Å². The van der Waals surface area contributed by atoms with Crippen LogP contribution < -0.4 is 0 Å². The highest BCUT2D eigenvalue weighted by Gasteiger charge is 2.18. The quantitative estimate of drug-likeness (QED) is 0.365. The minimum atomic E-state index is -0.311. The molecule has 0 aromatic rings. The highest BCUT2D eigenvalue weighted by molar-refractivity contribution is 5.96. The molecule has 0 saturated heterocycles. The van der Waals surface area contributed by atoms with Crippen molar-refractivity contribution in [2.75, 3.05) is 0 Å². The molecule has 2 nitrogen and oxygen atoms in total. The fourth-order valence-electron chi connectivity index (χ4n) is 1.75. The molecule has 96 valence electrons. The Kier molecular flexibility index (Phi) is 7.44. The number of Topliss-reactive ketones (excluding diaryl/α,β-unsaturated/α-hetero) is 1. The van der Waals surface area contributed by atoms with Gasteiger partial charge >= 0.3 is 0 Å². The molecule has 0 N–H and O–H groups in total. The molecule has 0 rings (SSSR count). The van der Waals surface area contributed by atoms with Crippen molar-refractivity contribution in [3.05, 3.63) is 23.8 Å². The first-order valence-corrected chi connectivity index (χ1v) is 6.16. The molecule has 2 unspecified atom stereocenters. The van der Waals surface area contributed by atoms with E-state index in [1.165, 1.54) is 12.5 Å². The van der Waals surface area contributed by atoms with Gasteiger partial charge in [0.25, 0.3) is 0 Å². The smallest absolute Gasteiger partial charge is 0.155 e. The minimum Gasteiger partial charge on any atom is -0.303 e. The van der Waals surface area contributed by atoms with E-state index in [1.54, 1.807) is 0 Å². The summed E-state index contributed by atoms with van der Waals surface area (Å²) in [7, 11) is 0. The van der Waals surface area contributed by atoms with Crippen molar-refractivity contribution >= 4 is 12.1 Å². The summed E-state index contributed by atoms with van der Waals surface area (Å²) in [6.07, 6.45) is 5.84. The van der Waals surface area contributed by atoms with Gasteiger partial charge < -0.3 is 4.79 Å². The molecule has 0 fully saturated rings. The zero-order chi connectivity index (χ0) is 13.4. The van der Waals surface area contributed by atoms with Gasteiger partial charge in [-0.25, -0.2) is 0 Å². The molecule has 2 atom stereocenters. The van der Waals surface area contributed by atoms with E-state index in [0.29, 0.717) is 11.5 Å². The van der Waals surface area contributed by atoms with Crippen LogP contribution in [0.4, 0.5) is 0 Å². The molecular formula is C15H24O2. The normalized spacial score (nSPS) is 13.6. The molecule has 0 spiro atoms. The van der Waals surface area contributed by atoms with Crippen molar-refractivity contribution in [1.82, 2.24) is 0 Å². The third kappa shape index (κ3) is 6.88. The average molecular weight is 236 g/mol. The van der Waals surface area contributed by atoms with Crippen molar-refractivity contribution in [3.8, 4) is 0 Å². The molecule has 0 radical (unpaired) electrons. The summed E-state index contributed by atoms with van der Waals surface area (Å²) in [6.45, 7) is 11.4. The molecule has 0 aliphatic heterocycles. The van der Waals surface area contributed by atoms with Crippen molar-refractivity contribution in [2.45, 2.75) is 47.0 Å². The molecule has 0 heterocycles. The summed E-state index contributed by atoms with van der Waals surface area (Å²) >= 11 is 0. The van der Waals surface area contributed by atoms with Gasteiger partial charge in [0, 0.05) is 5.92 Å².